The Morgan fingerprint density at radius 1 is 0.688 bits per heavy atom. The van der Waals surface area contributed by atoms with Crippen LogP contribution in [0.5, 0.6) is 0 Å². The minimum atomic E-state index is -1.34. The molecule has 0 atom stereocenters. The molecule has 6 heteroatoms. The summed E-state index contributed by atoms with van der Waals surface area (Å²) in [6.45, 7) is 0. The van der Waals surface area contributed by atoms with Gasteiger partial charge in [0.1, 0.15) is 0 Å². The quantitative estimate of drug-likeness (QED) is 0.622. The van der Waals surface area contributed by atoms with Gasteiger partial charge in [0.25, 0.3) is 0 Å². The SMILES string of the molecule is ClC(Cl)(Cl)Cc1ccccc1CC(Cl)(Cl)Cl. The van der Waals surface area contributed by atoms with E-state index in [4.69, 9.17) is 69.6 Å². The van der Waals surface area contributed by atoms with E-state index in [0.717, 1.165) is 11.1 Å². The zero-order valence-electron chi connectivity index (χ0n) is 7.99. The monoisotopic (exact) mass is 338 g/mol. The molecule has 0 saturated carbocycles. The van der Waals surface area contributed by atoms with Crippen LogP contribution >= 0.6 is 69.6 Å². The van der Waals surface area contributed by atoms with E-state index in [1.54, 1.807) is 0 Å². The van der Waals surface area contributed by atoms with Gasteiger partial charge in [0.2, 0.25) is 0 Å². The summed E-state index contributed by atoms with van der Waals surface area (Å²) in [6, 6.07) is 7.42. The fourth-order valence-corrected chi connectivity index (χ4v) is 2.20. The Morgan fingerprint density at radius 2 is 1.00 bits per heavy atom. The number of alkyl halides is 6. The van der Waals surface area contributed by atoms with Crippen molar-refractivity contribution in [3.8, 4) is 0 Å². The maximum absolute atomic E-state index is 5.74. The Bertz CT molecular complexity index is 314. The molecular weight excluding hydrogens is 333 g/mol. The van der Waals surface area contributed by atoms with Crippen LogP contribution in [-0.2, 0) is 12.8 Å². The molecule has 0 aliphatic rings. The van der Waals surface area contributed by atoms with Crippen LogP contribution in [0.2, 0.25) is 0 Å². The molecule has 1 aromatic carbocycles. The minimum absolute atomic E-state index is 0.286. The van der Waals surface area contributed by atoms with Crippen LogP contribution in [0, 0.1) is 0 Å². The molecule has 0 amide bonds. The van der Waals surface area contributed by atoms with Gasteiger partial charge in [0, 0.05) is 12.8 Å². The highest BCUT2D eigenvalue weighted by Gasteiger charge is 2.25. The molecule has 90 valence electrons. The molecule has 0 bridgehead atoms. The molecule has 0 saturated heterocycles. The summed E-state index contributed by atoms with van der Waals surface area (Å²) in [5.74, 6) is 0. The standard InChI is InChI=1S/C10H8Cl6/c11-9(12,13)5-7-3-1-2-4-8(7)6-10(14,15)16/h1-4H,5-6H2. The highest BCUT2D eigenvalue weighted by Crippen LogP contribution is 2.35. The maximum atomic E-state index is 5.74. The highest BCUT2D eigenvalue weighted by atomic mass is 35.6. The molecule has 0 unspecified atom stereocenters. The molecule has 0 aromatic heterocycles. The lowest BCUT2D eigenvalue weighted by molar-refractivity contribution is 0.939. The first-order valence-electron chi connectivity index (χ1n) is 4.38. The lowest BCUT2D eigenvalue weighted by atomic mass is 10.0. The van der Waals surface area contributed by atoms with Crippen molar-refractivity contribution in [2.24, 2.45) is 0 Å². The van der Waals surface area contributed by atoms with Crippen molar-refractivity contribution in [1.29, 1.82) is 0 Å². The summed E-state index contributed by atoms with van der Waals surface area (Å²) in [4.78, 5) is 0. The molecule has 0 aliphatic carbocycles. The second-order valence-corrected chi connectivity index (χ2v) is 8.38. The van der Waals surface area contributed by atoms with Gasteiger partial charge in [-0.2, -0.15) is 0 Å². The molecule has 0 nitrogen and oxygen atoms in total. The minimum Gasteiger partial charge on any atom is -0.0833 e. The Morgan fingerprint density at radius 3 is 1.25 bits per heavy atom. The van der Waals surface area contributed by atoms with Crippen molar-refractivity contribution in [3.05, 3.63) is 35.4 Å². The Hall–Kier alpha value is 0.960. The van der Waals surface area contributed by atoms with Gasteiger partial charge in [-0.15, -0.1) is 0 Å². The number of hydrogen-bond donors (Lipinski definition) is 0. The number of hydrogen-bond acceptors (Lipinski definition) is 0. The third kappa shape index (κ3) is 6.05. The van der Waals surface area contributed by atoms with Crippen molar-refractivity contribution in [2.75, 3.05) is 0 Å². The van der Waals surface area contributed by atoms with Crippen molar-refractivity contribution < 1.29 is 0 Å². The van der Waals surface area contributed by atoms with Crippen LogP contribution < -0.4 is 0 Å². The Labute approximate surface area is 125 Å². The third-order valence-corrected chi connectivity index (χ3v) is 2.70. The van der Waals surface area contributed by atoms with E-state index in [0.29, 0.717) is 0 Å². The van der Waals surface area contributed by atoms with Crippen LogP contribution in [0.3, 0.4) is 0 Å². The van der Waals surface area contributed by atoms with Gasteiger partial charge in [-0.3, -0.25) is 0 Å². The van der Waals surface area contributed by atoms with Crippen molar-refractivity contribution >= 4 is 69.6 Å². The van der Waals surface area contributed by atoms with E-state index in [2.05, 4.69) is 0 Å². The fraction of sp³-hybridized carbons (Fsp3) is 0.400. The molecule has 0 heterocycles. The summed E-state index contributed by atoms with van der Waals surface area (Å²) in [7, 11) is 0. The Kier molecular flexibility index (Phi) is 5.38. The zero-order chi connectivity index (χ0) is 12.4. The predicted octanol–water partition coefficient (Wildman–Crippen LogP) is 5.51. The molecule has 0 aliphatic heterocycles. The summed E-state index contributed by atoms with van der Waals surface area (Å²) < 4.78 is -2.69. The summed E-state index contributed by atoms with van der Waals surface area (Å²) in [5.41, 5.74) is 1.74. The van der Waals surface area contributed by atoms with E-state index in [1.807, 2.05) is 24.3 Å². The predicted molar refractivity (Wildman–Crippen MR) is 74.4 cm³/mol. The summed E-state index contributed by atoms with van der Waals surface area (Å²) in [6.07, 6.45) is 0.573. The van der Waals surface area contributed by atoms with E-state index in [1.165, 1.54) is 0 Å². The number of benzene rings is 1. The van der Waals surface area contributed by atoms with Gasteiger partial charge >= 0.3 is 0 Å². The van der Waals surface area contributed by atoms with Gasteiger partial charge in [0.05, 0.1) is 0 Å². The van der Waals surface area contributed by atoms with E-state index >= 15 is 0 Å². The normalized spacial score (nSPS) is 12.9. The second-order valence-electron chi connectivity index (χ2n) is 3.35. The Balaban J connectivity index is 2.92. The van der Waals surface area contributed by atoms with Gasteiger partial charge < -0.3 is 0 Å². The molecular formula is C10H8Cl6. The lowest BCUT2D eigenvalue weighted by Crippen LogP contribution is -2.13. The number of halogens is 6. The largest absolute Gasteiger partial charge is 0.194 e. The third-order valence-electron chi connectivity index (χ3n) is 1.90. The van der Waals surface area contributed by atoms with Crippen LogP contribution in [-0.4, -0.2) is 7.59 Å². The smallest absolute Gasteiger partial charge is 0.0833 e. The highest BCUT2D eigenvalue weighted by molar-refractivity contribution is 6.68. The van der Waals surface area contributed by atoms with Crippen molar-refractivity contribution in [3.63, 3.8) is 0 Å². The van der Waals surface area contributed by atoms with Gasteiger partial charge in [-0.05, 0) is 11.1 Å². The average molecular weight is 341 g/mol. The average Bonchev–Trinajstić information content (AvgIpc) is 2.03. The van der Waals surface area contributed by atoms with Gasteiger partial charge in [-0.25, -0.2) is 0 Å². The molecule has 0 N–H and O–H groups in total. The first kappa shape index (κ1) is 15.0. The van der Waals surface area contributed by atoms with Crippen molar-refractivity contribution in [2.45, 2.75) is 20.4 Å². The summed E-state index contributed by atoms with van der Waals surface area (Å²) in [5, 5.41) is 0. The molecule has 16 heavy (non-hydrogen) atoms. The lowest BCUT2D eigenvalue weighted by Gasteiger charge is -2.17. The number of rotatable bonds is 2. The van der Waals surface area contributed by atoms with E-state index < -0.39 is 7.59 Å². The first-order valence-corrected chi connectivity index (χ1v) is 6.64. The second kappa shape index (κ2) is 5.73. The van der Waals surface area contributed by atoms with E-state index in [-0.39, 0.29) is 12.8 Å². The van der Waals surface area contributed by atoms with Crippen LogP contribution in [0.1, 0.15) is 11.1 Å². The van der Waals surface area contributed by atoms with Crippen LogP contribution in [0.25, 0.3) is 0 Å². The van der Waals surface area contributed by atoms with Gasteiger partial charge in [0.15, 0.2) is 7.59 Å². The summed E-state index contributed by atoms with van der Waals surface area (Å²) >= 11 is 34.5. The first-order chi connectivity index (χ1) is 7.17. The van der Waals surface area contributed by atoms with Crippen LogP contribution in [0.4, 0.5) is 0 Å². The van der Waals surface area contributed by atoms with E-state index in [9.17, 15) is 0 Å². The zero-order valence-corrected chi connectivity index (χ0v) is 12.5. The molecule has 0 fully saturated rings. The maximum Gasteiger partial charge on any atom is 0.194 e. The molecule has 1 rings (SSSR count). The molecule has 0 spiro atoms. The van der Waals surface area contributed by atoms with Crippen LogP contribution in [0.15, 0.2) is 24.3 Å². The van der Waals surface area contributed by atoms with Gasteiger partial charge in [-0.1, -0.05) is 93.9 Å². The fourth-order valence-electron chi connectivity index (χ4n) is 1.33. The van der Waals surface area contributed by atoms with Crippen molar-refractivity contribution in [1.82, 2.24) is 0 Å². The topological polar surface area (TPSA) is 0 Å². The molecule has 1 aromatic rings. The molecule has 0 radical (unpaired) electrons.